The molecule has 0 radical (unpaired) electrons. The van der Waals surface area contributed by atoms with E-state index in [4.69, 9.17) is 22.7 Å². The molecule has 0 saturated heterocycles. The molecule has 1 fully saturated rings. The van der Waals surface area contributed by atoms with E-state index < -0.39 is 0 Å². The zero-order valence-electron chi connectivity index (χ0n) is 9.69. The number of nitrogens with zero attached hydrogens (tertiary/aromatic N) is 1. The summed E-state index contributed by atoms with van der Waals surface area (Å²) < 4.78 is 5.53. The second-order valence-electron chi connectivity index (χ2n) is 4.21. The topological polar surface area (TPSA) is 60.2 Å². The number of hydrogen-bond donors (Lipinski definition) is 2. The summed E-state index contributed by atoms with van der Waals surface area (Å²) in [6.07, 6.45) is 4.33. The van der Waals surface area contributed by atoms with Gasteiger partial charge in [-0.3, -0.25) is 4.98 Å². The van der Waals surface area contributed by atoms with Gasteiger partial charge in [0.05, 0.1) is 12.3 Å². The van der Waals surface area contributed by atoms with Gasteiger partial charge in [-0.2, -0.15) is 0 Å². The van der Waals surface area contributed by atoms with Gasteiger partial charge in [0.1, 0.15) is 10.7 Å². The monoisotopic (exact) mass is 251 g/mol. The summed E-state index contributed by atoms with van der Waals surface area (Å²) in [5.41, 5.74) is 7.10. The third-order valence-corrected chi connectivity index (χ3v) is 2.85. The van der Waals surface area contributed by atoms with Crippen LogP contribution in [0.15, 0.2) is 18.3 Å². The highest BCUT2D eigenvalue weighted by molar-refractivity contribution is 7.80. The lowest BCUT2D eigenvalue weighted by atomic mass is 10.3. The molecule has 1 heterocycles. The summed E-state index contributed by atoms with van der Waals surface area (Å²) in [6.45, 7) is 2.33. The predicted octanol–water partition coefficient (Wildman–Crippen LogP) is 1.55. The van der Waals surface area contributed by atoms with E-state index in [1.165, 1.54) is 12.8 Å². The highest BCUT2D eigenvalue weighted by Crippen LogP contribution is 2.28. The number of nitrogens with two attached hydrogens (primary N) is 1. The second kappa shape index (κ2) is 5.93. The Balaban J connectivity index is 1.75. The molecule has 17 heavy (non-hydrogen) atoms. The third kappa shape index (κ3) is 3.94. The van der Waals surface area contributed by atoms with Crippen LogP contribution in [0.4, 0.5) is 5.69 Å². The van der Waals surface area contributed by atoms with Crippen LogP contribution in [0.1, 0.15) is 18.5 Å². The minimum Gasteiger partial charge on any atom is -0.388 e. The first kappa shape index (κ1) is 12.3. The molecule has 3 N–H and O–H groups in total. The number of pyridine rings is 1. The van der Waals surface area contributed by atoms with Gasteiger partial charge >= 0.3 is 0 Å². The van der Waals surface area contributed by atoms with Crippen molar-refractivity contribution in [3.63, 3.8) is 0 Å². The zero-order valence-corrected chi connectivity index (χ0v) is 10.5. The number of aromatic nitrogens is 1. The minimum atomic E-state index is 0.312. The molecule has 1 aromatic rings. The van der Waals surface area contributed by atoms with Crippen LogP contribution in [0.25, 0.3) is 0 Å². The molecule has 1 aromatic heterocycles. The number of nitrogens with one attached hydrogen (secondary N) is 1. The van der Waals surface area contributed by atoms with Gasteiger partial charge in [-0.25, -0.2) is 0 Å². The lowest BCUT2D eigenvalue weighted by Crippen LogP contribution is -2.17. The molecule has 5 heteroatoms. The van der Waals surface area contributed by atoms with Crippen molar-refractivity contribution in [1.82, 2.24) is 4.98 Å². The zero-order chi connectivity index (χ0) is 12.1. The van der Waals surface area contributed by atoms with Crippen molar-refractivity contribution < 1.29 is 4.74 Å². The highest BCUT2D eigenvalue weighted by Gasteiger charge is 2.20. The van der Waals surface area contributed by atoms with Crippen molar-refractivity contribution in [2.24, 2.45) is 11.7 Å². The number of anilines is 1. The van der Waals surface area contributed by atoms with Gasteiger partial charge in [0.25, 0.3) is 0 Å². The predicted molar refractivity (Wildman–Crippen MR) is 72.2 cm³/mol. The number of thiocarbonyl (C=S) groups is 1. The molecule has 1 aliphatic carbocycles. The third-order valence-electron chi connectivity index (χ3n) is 2.65. The van der Waals surface area contributed by atoms with E-state index in [1.807, 2.05) is 12.1 Å². The van der Waals surface area contributed by atoms with Crippen LogP contribution in [0, 0.1) is 5.92 Å². The quantitative estimate of drug-likeness (QED) is 0.569. The van der Waals surface area contributed by atoms with Crippen LogP contribution in [0.3, 0.4) is 0 Å². The molecule has 1 aliphatic rings. The van der Waals surface area contributed by atoms with Crippen LogP contribution in [-0.4, -0.2) is 29.7 Å². The highest BCUT2D eigenvalue weighted by atomic mass is 32.1. The molecular formula is C12H17N3OS. The molecule has 1 saturated carbocycles. The van der Waals surface area contributed by atoms with Gasteiger partial charge in [0.15, 0.2) is 0 Å². The van der Waals surface area contributed by atoms with Gasteiger partial charge in [0, 0.05) is 19.3 Å². The molecule has 0 aliphatic heterocycles. The Morgan fingerprint density at radius 1 is 1.59 bits per heavy atom. The standard InChI is InChI=1S/C12H17N3OS/c13-12(17)11-10(2-1-5-15-11)14-6-7-16-8-9-3-4-9/h1-2,5,9,14H,3-4,6-8H2,(H2,13,17). The van der Waals surface area contributed by atoms with Crippen molar-refractivity contribution in [2.45, 2.75) is 12.8 Å². The maximum absolute atomic E-state index is 5.59. The first-order chi connectivity index (χ1) is 8.27. The van der Waals surface area contributed by atoms with E-state index in [9.17, 15) is 0 Å². The van der Waals surface area contributed by atoms with Gasteiger partial charge in [-0.15, -0.1) is 0 Å². The smallest absolute Gasteiger partial charge is 0.124 e. The summed E-state index contributed by atoms with van der Waals surface area (Å²) in [6, 6.07) is 3.78. The normalized spacial score (nSPS) is 14.6. The van der Waals surface area contributed by atoms with Gasteiger partial charge in [0.2, 0.25) is 0 Å². The van der Waals surface area contributed by atoms with Crippen molar-refractivity contribution in [3.8, 4) is 0 Å². The summed E-state index contributed by atoms with van der Waals surface area (Å²) >= 11 is 4.94. The van der Waals surface area contributed by atoms with E-state index >= 15 is 0 Å². The Bertz CT molecular complexity index is 393. The van der Waals surface area contributed by atoms with Crippen molar-refractivity contribution >= 4 is 22.9 Å². The fraction of sp³-hybridized carbons (Fsp3) is 0.500. The maximum atomic E-state index is 5.59. The van der Waals surface area contributed by atoms with Crippen molar-refractivity contribution in [3.05, 3.63) is 24.0 Å². The van der Waals surface area contributed by atoms with E-state index in [2.05, 4.69) is 10.3 Å². The Morgan fingerprint density at radius 3 is 3.12 bits per heavy atom. The second-order valence-corrected chi connectivity index (χ2v) is 4.65. The molecule has 4 nitrogen and oxygen atoms in total. The Kier molecular flexibility index (Phi) is 4.28. The van der Waals surface area contributed by atoms with E-state index in [0.29, 0.717) is 17.3 Å². The Labute approximate surface area is 107 Å². The Hall–Kier alpha value is -1.20. The molecule has 0 aromatic carbocycles. The fourth-order valence-electron chi connectivity index (χ4n) is 1.54. The van der Waals surface area contributed by atoms with Crippen LogP contribution in [-0.2, 0) is 4.74 Å². The Morgan fingerprint density at radius 2 is 2.41 bits per heavy atom. The molecule has 2 rings (SSSR count). The lowest BCUT2D eigenvalue weighted by Gasteiger charge is -2.10. The molecule has 0 unspecified atom stereocenters. The van der Waals surface area contributed by atoms with Crippen LogP contribution in [0.2, 0.25) is 0 Å². The maximum Gasteiger partial charge on any atom is 0.124 e. The molecule has 92 valence electrons. The largest absolute Gasteiger partial charge is 0.388 e. The number of rotatable bonds is 7. The SMILES string of the molecule is NC(=S)c1ncccc1NCCOCC1CC1. The van der Waals surface area contributed by atoms with Crippen LogP contribution >= 0.6 is 12.2 Å². The van der Waals surface area contributed by atoms with Crippen LogP contribution < -0.4 is 11.1 Å². The van der Waals surface area contributed by atoms with Crippen LogP contribution in [0.5, 0.6) is 0 Å². The van der Waals surface area contributed by atoms with Crippen molar-refractivity contribution in [2.75, 3.05) is 25.1 Å². The van der Waals surface area contributed by atoms with Gasteiger partial charge in [-0.1, -0.05) is 12.2 Å². The van der Waals surface area contributed by atoms with Crippen molar-refractivity contribution in [1.29, 1.82) is 0 Å². The average Bonchev–Trinajstić information content (AvgIpc) is 3.13. The van der Waals surface area contributed by atoms with Gasteiger partial charge in [-0.05, 0) is 30.9 Å². The summed E-state index contributed by atoms with van der Waals surface area (Å²) in [4.78, 5) is 4.46. The number of hydrogen-bond acceptors (Lipinski definition) is 4. The van der Waals surface area contributed by atoms with Gasteiger partial charge < -0.3 is 15.8 Å². The molecule has 0 amide bonds. The fourth-order valence-corrected chi connectivity index (χ4v) is 1.70. The minimum absolute atomic E-state index is 0.312. The summed E-state index contributed by atoms with van der Waals surface area (Å²) in [5.74, 6) is 0.806. The average molecular weight is 251 g/mol. The first-order valence-corrected chi connectivity index (χ1v) is 6.24. The lowest BCUT2D eigenvalue weighted by molar-refractivity contribution is 0.134. The first-order valence-electron chi connectivity index (χ1n) is 5.84. The molecule has 0 atom stereocenters. The van der Waals surface area contributed by atoms with E-state index in [1.54, 1.807) is 6.20 Å². The molecule has 0 spiro atoms. The summed E-state index contributed by atoms with van der Waals surface area (Å²) in [7, 11) is 0. The van der Waals surface area contributed by atoms with E-state index in [-0.39, 0.29) is 0 Å². The molecule has 0 bridgehead atoms. The molecular weight excluding hydrogens is 234 g/mol. The van der Waals surface area contributed by atoms with E-state index in [0.717, 1.165) is 24.8 Å². The summed E-state index contributed by atoms with van der Waals surface area (Å²) in [5, 5.41) is 3.23. The number of ether oxygens (including phenoxy) is 1.